The van der Waals surface area contributed by atoms with E-state index in [4.69, 9.17) is 15.5 Å². The summed E-state index contributed by atoms with van der Waals surface area (Å²) < 4.78 is 10.7. The van der Waals surface area contributed by atoms with E-state index in [0.717, 1.165) is 19.4 Å². The first-order valence-electron chi connectivity index (χ1n) is 9.81. The fraction of sp³-hybridized carbons (Fsp3) is 1.00. The second kappa shape index (κ2) is 17.0. The van der Waals surface area contributed by atoms with Crippen molar-refractivity contribution in [3.8, 4) is 0 Å². The van der Waals surface area contributed by atoms with Crippen molar-refractivity contribution >= 4 is 7.60 Å². The Morgan fingerprint density at radius 2 is 0.783 bits per heavy atom. The van der Waals surface area contributed by atoms with Crippen LogP contribution in [0.15, 0.2) is 0 Å². The van der Waals surface area contributed by atoms with Crippen molar-refractivity contribution < 1.29 is 14.4 Å². The molecule has 140 valence electrons. The second-order valence-corrected chi connectivity index (χ2v) is 8.61. The van der Waals surface area contributed by atoms with E-state index >= 15 is 0 Å². The number of rotatable bonds is 18. The summed E-state index contributed by atoms with van der Waals surface area (Å²) in [6.45, 7) is 0.841. The van der Waals surface area contributed by atoms with Gasteiger partial charge in [0.2, 0.25) is 0 Å². The molecule has 0 aliphatic rings. The van der Waals surface area contributed by atoms with Crippen molar-refractivity contribution in [1.29, 1.82) is 0 Å². The molecule has 0 aliphatic heterocycles. The van der Waals surface area contributed by atoms with Crippen LogP contribution in [0.2, 0.25) is 0 Å². The van der Waals surface area contributed by atoms with Crippen molar-refractivity contribution in [2.45, 2.75) is 103 Å². The molecule has 0 aromatic carbocycles. The van der Waals surface area contributed by atoms with Crippen LogP contribution < -0.4 is 5.73 Å². The Kier molecular flexibility index (Phi) is 17.0. The van der Waals surface area contributed by atoms with Crippen LogP contribution in [0.25, 0.3) is 0 Å². The van der Waals surface area contributed by atoms with Crippen LogP contribution in [0, 0.1) is 0 Å². The molecule has 0 saturated carbocycles. The fourth-order valence-corrected chi connectivity index (χ4v) is 3.57. The Morgan fingerprint density at radius 3 is 1.04 bits per heavy atom. The van der Waals surface area contributed by atoms with Gasteiger partial charge in [0.15, 0.2) is 0 Å². The lowest BCUT2D eigenvalue weighted by Crippen LogP contribution is -1.97. The molecule has 0 bridgehead atoms. The van der Waals surface area contributed by atoms with E-state index in [9.17, 15) is 4.57 Å². The molecule has 0 rings (SSSR count). The summed E-state index contributed by atoms with van der Waals surface area (Å²) in [4.78, 5) is 17.5. The molecule has 0 aromatic rings. The van der Waals surface area contributed by atoms with Gasteiger partial charge >= 0.3 is 7.60 Å². The van der Waals surface area contributed by atoms with Gasteiger partial charge in [0.05, 0.1) is 0 Å². The van der Waals surface area contributed by atoms with E-state index < -0.39 is 7.60 Å². The molecular formula is C18H40NO3P. The summed E-state index contributed by atoms with van der Waals surface area (Å²) in [5, 5.41) is 0. The van der Waals surface area contributed by atoms with Crippen LogP contribution in [0.4, 0.5) is 0 Å². The van der Waals surface area contributed by atoms with Crippen molar-refractivity contribution in [2.24, 2.45) is 5.73 Å². The van der Waals surface area contributed by atoms with E-state index in [0.29, 0.717) is 6.42 Å². The minimum absolute atomic E-state index is 0.0556. The summed E-state index contributed by atoms with van der Waals surface area (Å²) in [6.07, 6.45) is 20.1. The molecule has 4 N–H and O–H groups in total. The molecule has 0 saturated heterocycles. The zero-order valence-electron chi connectivity index (χ0n) is 15.1. The molecule has 0 fully saturated rings. The third-order valence-electron chi connectivity index (χ3n) is 4.40. The molecule has 0 radical (unpaired) electrons. The third kappa shape index (κ3) is 22.1. The molecule has 0 aliphatic carbocycles. The van der Waals surface area contributed by atoms with Crippen LogP contribution in [0.1, 0.15) is 103 Å². The Morgan fingerprint density at radius 1 is 0.522 bits per heavy atom. The van der Waals surface area contributed by atoms with E-state index in [1.165, 1.54) is 83.5 Å². The maximum atomic E-state index is 10.7. The molecule has 0 unspecified atom stereocenters. The van der Waals surface area contributed by atoms with Crippen LogP contribution in [0.3, 0.4) is 0 Å². The summed E-state index contributed by atoms with van der Waals surface area (Å²) in [7, 11) is -3.76. The zero-order valence-corrected chi connectivity index (χ0v) is 15.9. The van der Waals surface area contributed by atoms with Crippen LogP contribution in [0.5, 0.6) is 0 Å². The van der Waals surface area contributed by atoms with Gasteiger partial charge in [0.1, 0.15) is 0 Å². The number of unbranched alkanes of at least 4 members (excludes halogenated alkanes) is 15. The maximum absolute atomic E-state index is 10.7. The first-order chi connectivity index (χ1) is 11.1. The molecule has 23 heavy (non-hydrogen) atoms. The van der Waals surface area contributed by atoms with E-state index in [1.54, 1.807) is 0 Å². The van der Waals surface area contributed by atoms with Gasteiger partial charge in [-0.2, -0.15) is 0 Å². The fourth-order valence-electron chi connectivity index (χ4n) is 2.94. The van der Waals surface area contributed by atoms with Crippen molar-refractivity contribution in [3.05, 3.63) is 0 Å². The average molecular weight is 349 g/mol. The molecule has 0 aromatic heterocycles. The van der Waals surface area contributed by atoms with Crippen LogP contribution in [-0.4, -0.2) is 22.5 Å². The second-order valence-electron chi connectivity index (χ2n) is 6.83. The highest BCUT2D eigenvalue weighted by Crippen LogP contribution is 2.35. The number of hydrogen-bond acceptors (Lipinski definition) is 2. The Labute approximate surface area is 143 Å². The Bertz CT molecular complexity index is 281. The smallest absolute Gasteiger partial charge is 0.325 e. The summed E-state index contributed by atoms with van der Waals surface area (Å²) >= 11 is 0. The van der Waals surface area contributed by atoms with Crippen LogP contribution in [-0.2, 0) is 4.57 Å². The van der Waals surface area contributed by atoms with Crippen LogP contribution >= 0.6 is 7.60 Å². The van der Waals surface area contributed by atoms with Crippen molar-refractivity contribution in [1.82, 2.24) is 0 Å². The van der Waals surface area contributed by atoms with Gasteiger partial charge < -0.3 is 15.5 Å². The minimum atomic E-state index is -3.76. The molecular weight excluding hydrogens is 309 g/mol. The summed E-state index contributed by atoms with van der Waals surface area (Å²) in [5.41, 5.74) is 5.48. The predicted molar refractivity (Wildman–Crippen MR) is 99.8 cm³/mol. The molecule has 0 amide bonds. The molecule has 0 atom stereocenters. The molecule has 0 heterocycles. The highest BCUT2D eigenvalue weighted by atomic mass is 31.2. The third-order valence-corrected chi connectivity index (χ3v) is 5.30. The highest BCUT2D eigenvalue weighted by molar-refractivity contribution is 7.51. The summed E-state index contributed by atoms with van der Waals surface area (Å²) in [6, 6.07) is 0. The van der Waals surface area contributed by atoms with Gasteiger partial charge in [-0.3, -0.25) is 4.57 Å². The van der Waals surface area contributed by atoms with Gasteiger partial charge in [-0.1, -0.05) is 89.9 Å². The lowest BCUT2D eigenvalue weighted by molar-refractivity contribution is 0.370. The molecule has 4 nitrogen and oxygen atoms in total. The topological polar surface area (TPSA) is 83.6 Å². The normalized spacial score (nSPS) is 12.0. The largest absolute Gasteiger partial charge is 0.330 e. The first-order valence-corrected chi connectivity index (χ1v) is 11.6. The number of hydrogen-bond donors (Lipinski definition) is 3. The molecule has 0 spiro atoms. The van der Waals surface area contributed by atoms with E-state index in [-0.39, 0.29) is 6.16 Å². The SMILES string of the molecule is NCCCCCCCCCCCCCCCCCCP(=O)(O)O. The maximum Gasteiger partial charge on any atom is 0.325 e. The van der Waals surface area contributed by atoms with Crippen molar-refractivity contribution in [3.63, 3.8) is 0 Å². The van der Waals surface area contributed by atoms with Gasteiger partial charge in [0, 0.05) is 6.16 Å². The Hall–Kier alpha value is 0.110. The quantitative estimate of drug-likeness (QED) is 0.230. The van der Waals surface area contributed by atoms with Gasteiger partial charge in [-0.25, -0.2) is 0 Å². The van der Waals surface area contributed by atoms with E-state index in [2.05, 4.69) is 0 Å². The zero-order chi connectivity index (χ0) is 17.2. The standard InChI is InChI=1S/C18H40NO3P/c19-17-15-13-11-9-7-5-3-1-2-4-6-8-10-12-14-16-18-23(20,21)22/h1-19H2,(H2,20,21,22). The van der Waals surface area contributed by atoms with E-state index in [1.807, 2.05) is 0 Å². The highest BCUT2D eigenvalue weighted by Gasteiger charge is 2.10. The van der Waals surface area contributed by atoms with Gasteiger partial charge in [0.25, 0.3) is 0 Å². The first kappa shape index (κ1) is 23.1. The monoisotopic (exact) mass is 349 g/mol. The summed E-state index contributed by atoms with van der Waals surface area (Å²) in [5.74, 6) is 0. The average Bonchev–Trinajstić information content (AvgIpc) is 2.49. The van der Waals surface area contributed by atoms with Crippen molar-refractivity contribution in [2.75, 3.05) is 12.7 Å². The van der Waals surface area contributed by atoms with Gasteiger partial charge in [-0.15, -0.1) is 0 Å². The lowest BCUT2D eigenvalue weighted by atomic mass is 10.0. The Balaban J connectivity index is 3.01. The van der Waals surface area contributed by atoms with Gasteiger partial charge in [-0.05, 0) is 19.4 Å². The predicted octanol–water partition coefficient (Wildman–Crippen LogP) is 5.36. The number of nitrogens with two attached hydrogens (primary N) is 1. The lowest BCUT2D eigenvalue weighted by Gasteiger charge is -2.04. The minimum Gasteiger partial charge on any atom is -0.330 e. The molecule has 5 heteroatoms.